The molecule has 66 heavy (non-hydrogen) atoms. The molecule has 5 aliphatic rings. The van der Waals surface area contributed by atoms with Gasteiger partial charge in [0.15, 0.2) is 6.29 Å². The summed E-state index contributed by atoms with van der Waals surface area (Å²) in [5.74, 6) is 0.595. The van der Waals surface area contributed by atoms with Crippen LogP contribution in [0.4, 0.5) is 0 Å². The largest absolute Gasteiger partial charge is 0.481 e. The van der Waals surface area contributed by atoms with Crippen LogP contribution in [-0.4, -0.2) is 114 Å². The Kier molecular flexibility index (Phi) is 60.0. The second-order valence-corrected chi connectivity index (χ2v) is 15.0. The molecule has 21 heteroatoms. The molecule has 1 saturated heterocycles. The van der Waals surface area contributed by atoms with Crippen LogP contribution in [0.15, 0.2) is 12.8 Å². The van der Waals surface area contributed by atoms with Crippen LogP contribution in [0.2, 0.25) is 0 Å². The van der Waals surface area contributed by atoms with Gasteiger partial charge < -0.3 is 49.8 Å². The van der Waals surface area contributed by atoms with Gasteiger partial charge in [0.2, 0.25) is 0 Å². The minimum absolute atomic E-state index is 0. The average molecular weight is 1130 g/mol. The maximum Gasteiger partial charge on any atom is 0.309 e. The Balaban J connectivity index is -0.000000119. The Labute approximate surface area is 419 Å². The van der Waals surface area contributed by atoms with Crippen LogP contribution in [0.25, 0.3) is 0 Å². The first-order valence-corrected chi connectivity index (χ1v) is 22.0. The second kappa shape index (κ2) is 51.3. The van der Waals surface area contributed by atoms with E-state index in [-0.39, 0.29) is 75.0 Å². The molecule has 396 valence electrons. The molecule has 1 aliphatic heterocycles. The third-order valence-corrected chi connectivity index (χ3v) is 8.31. The first-order valence-electron chi connectivity index (χ1n) is 22.0. The molecule has 9 unspecified atom stereocenters. The van der Waals surface area contributed by atoms with Crippen LogP contribution in [-0.2, 0) is 106 Å². The summed E-state index contributed by atoms with van der Waals surface area (Å²) in [6.45, 7) is 29.3. The molecule has 2 radical (unpaired) electrons. The third-order valence-electron chi connectivity index (χ3n) is 8.31. The number of rotatable bonds is 12. The maximum absolute atomic E-state index is 10.8. The van der Waals surface area contributed by atoms with Gasteiger partial charge >= 0.3 is 17.9 Å². The van der Waals surface area contributed by atoms with Crippen molar-refractivity contribution < 1.29 is 126 Å². The molecule has 9 atom stereocenters. The molecule has 4 saturated carbocycles. The van der Waals surface area contributed by atoms with Crippen molar-refractivity contribution >= 4 is 41.8 Å². The number of carboxylic acids is 4. The van der Waals surface area contributed by atoms with E-state index in [1.807, 2.05) is 20.8 Å². The molecular weight excluding hydrogens is 1050 g/mol. The van der Waals surface area contributed by atoms with Crippen LogP contribution in [0, 0.1) is 41.4 Å². The van der Waals surface area contributed by atoms with Crippen LogP contribution in [0.1, 0.15) is 141 Å². The number of carboxylic acid groups (broad SMARTS) is 4. The molecule has 6 N–H and O–H groups in total. The van der Waals surface area contributed by atoms with Crippen LogP contribution >= 0.6 is 0 Å². The zero-order chi connectivity index (χ0) is 50.8. The molecular formula is C45H85NO18Rh2. The van der Waals surface area contributed by atoms with Gasteiger partial charge in [-0.1, -0.05) is 41.2 Å². The van der Waals surface area contributed by atoms with E-state index in [1.54, 1.807) is 13.8 Å². The summed E-state index contributed by atoms with van der Waals surface area (Å²) in [6, 6.07) is 0.551. The van der Waals surface area contributed by atoms with Gasteiger partial charge in [0.05, 0.1) is 57.7 Å². The van der Waals surface area contributed by atoms with Gasteiger partial charge in [-0.3, -0.25) is 33.6 Å². The molecule has 0 aromatic carbocycles. The standard InChI is InChI=1S/C7H14O2.3C7H12O2.C5H10O2.C4H9N.4C2H4O2.2Rh/c1-3-8-9-5-7-4-6(7)2;2*1-3-9-7(8)6-4-5(6)2;1-2-8-7-5-3-4-6-9-7;1-3-5(6)7-4-2;1-3-2-4(3)5;4*1-2(3)4;;/h6-7H,3-5H2,1-2H3;2*5-6H,3-4H2,1-2H3;2,7H,1,3-6H2;3-4H2,1-2H3;3-4H,2,5H2,1H3;4*1H3,(H,3,4);;. The molecule has 0 aromatic heterocycles. The first kappa shape index (κ1) is 77.1. The Morgan fingerprint density at radius 3 is 1.15 bits per heavy atom. The van der Waals surface area contributed by atoms with Gasteiger partial charge in [0, 0.05) is 85.5 Å². The third kappa shape index (κ3) is 69.9. The predicted octanol–water partition coefficient (Wildman–Crippen LogP) is 7.37. The molecule has 0 spiro atoms. The van der Waals surface area contributed by atoms with Crippen molar-refractivity contribution in [2.45, 2.75) is 154 Å². The summed E-state index contributed by atoms with van der Waals surface area (Å²) in [7, 11) is 0. The summed E-state index contributed by atoms with van der Waals surface area (Å²) in [4.78, 5) is 77.4. The fourth-order valence-electron chi connectivity index (χ4n) is 4.19. The Hall–Kier alpha value is -3.08. The Morgan fingerprint density at radius 2 is 0.955 bits per heavy atom. The van der Waals surface area contributed by atoms with E-state index in [2.05, 4.69) is 39.0 Å². The number of esters is 3. The zero-order valence-electron chi connectivity index (χ0n) is 41.6. The molecule has 5 rings (SSSR count). The van der Waals surface area contributed by atoms with Gasteiger partial charge in [0.1, 0.15) is 0 Å². The maximum atomic E-state index is 10.8. The molecule has 19 nitrogen and oxygen atoms in total. The molecule has 1 heterocycles. The summed E-state index contributed by atoms with van der Waals surface area (Å²) in [5, 5.41) is 29.7. The second-order valence-electron chi connectivity index (χ2n) is 15.0. The summed E-state index contributed by atoms with van der Waals surface area (Å²) in [5.41, 5.74) is 5.37. The zero-order valence-corrected chi connectivity index (χ0v) is 44.9. The Bertz CT molecular complexity index is 1160. The summed E-state index contributed by atoms with van der Waals surface area (Å²) in [6.07, 6.45) is 9.90. The minimum atomic E-state index is -0.833. The van der Waals surface area contributed by atoms with Gasteiger partial charge in [0.25, 0.3) is 23.9 Å². The van der Waals surface area contributed by atoms with Crippen molar-refractivity contribution in [3.05, 3.63) is 12.8 Å². The molecule has 0 amide bonds. The topological polar surface area (TPSA) is 291 Å². The van der Waals surface area contributed by atoms with Crippen molar-refractivity contribution in [2.75, 3.05) is 39.6 Å². The van der Waals surface area contributed by atoms with Gasteiger partial charge in [-0.05, 0) is 95.8 Å². The number of hydrogen-bond donors (Lipinski definition) is 5. The van der Waals surface area contributed by atoms with E-state index in [4.69, 9.17) is 74.1 Å². The van der Waals surface area contributed by atoms with Crippen LogP contribution in [0.3, 0.4) is 0 Å². The molecule has 4 aliphatic carbocycles. The van der Waals surface area contributed by atoms with Crippen molar-refractivity contribution in [2.24, 2.45) is 47.2 Å². The minimum Gasteiger partial charge on any atom is -0.481 e. The number of carbonyl (C=O) groups excluding carboxylic acids is 3. The SMILES string of the molecule is C=COC1CCCCO1.CC(=O)O.CC(=O)O.CC(=O)O.CC(=O)O.CC1CC1N.CCOC(=O)C1CC1C.CCOC(=O)C1CC1C.CCOC(=O)CC.CCOOCC1CC1C.[Rh].[Rh]. The number of ether oxygens (including phenoxy) is 5. The fraction of sp³-hybridized carbons (Fsp3) is 0.800. The van der Waals surface area contributed by atoms with Crippen molar-refractivity contribution in [3.63, 3.8) is 0 Å². The van der Waals surface area contributed by atoms with E-state index in [9.17, 15) is 14.4 Å². The predicted molar refractivity (Wildman–Crippen MR) is 239 cm³/mol. The number of hydrogen-bond acceptors (Lipinski definition) is 15. The summed E-state index contributed by atoms with van der Waals surface area (Å²) < 4.78 is 24.4. The molecule has 0 aromatic rings. The van der Waals surface area contributed by atoms with Crippen molar-refractivity contribution in [1.29, 1.82) is 0 Å². The average Bonchev–Trinajstić information content (AvgIpc) is 4.09. The Morgan fingerprint density at radius 1 is 0.606 bits per heavy atom. The molecule has 5 fully saturated rings. The molecule has 0 bridgehead atoms. The monoisotopic (exact) mass is 1130 g/mol. The van der Waals surface area contributed by atoms with E-state index in [0.717, 1.165) is 84.3 Å². The smallest absolute Gasteiger partial charge is 0.309 e. The van der Waals surface area contributed by atoms with E-state index >= 15 is 0 Å². The number of nitrogens with two attached hydrogens (primary N) is 1. The van der Waals surface area contributed by atoms with Crippen molar-refractivity contribution in [1.82, 2.24) is 0 Å². The van der Waals surface area contributed by atoms with Gasteiger partial charge in [-0.2, -0.15) is 0 Å². The fourth-order valence-corrected chi connectivity index (χ4v) is 4.19. The van der Waals surface area contributed by atoms with Crippen LogP contribution in [0.5, 0.6) is 0 Å². The summed E-state index contributed by atoms with van der Waals surface area (Å²) >= 11 is 0. The quantitative estimate of drug-likeness (QED) is 0.0242. The van der Waals surface area contributed by atoms with Crippen molar-refractivity contribution in [3.8, 4) is 0 Å². The number of carbonyl (C=O) groups is 7. The number of aliphatic carboxylic acids is 4. The van der Waals surface area contributed by atoms with Gasteiger partial charge in [-0.15, -0.1) is 0 Å². The normalized spacial score (nSPS) is 23.0. The van der Waals surface area contributed by atoms with E-state index in [0.29, 0.717) is 50.7 Å². The van der Waals surface area contributed by atoms with Gasteiger partial charge in [-0.25, -0.2) is 9.78 Å². The van der Waals surface area contributed by atoms with Crippen LogP contribution < -0.4 is 5.73 Å². The van der Waals surface area contributed by atoms with E-state index < -0.39 is 23.9 Å². The van der Waals surface area contributed by atoms with E-state index in [1.165, 1.54) is 25.5 Å². The first-order chi connectivity index (χ1) is 29.8.